The maximum atomic E-state index is 11.8. The van der Waals surface area contributed by atoms with Crippen LogP contribution >= 0.6 is 0 Å². The van der Waals surface area contributed by atoms with Gasteiger partial charge in [-0.15, -0.1) is 0 Å². The van der Waals surface area contributed by atoms with E-state index in [2.05, 4.69) is 5.32 Å². The summed E-state index contributed by atoms with van der Waals surface area (Å²) >= 11 is 0. The number of amides is 2. The van der Waals surface area contributed by atoms with Crippen LogP contribution in [-0.4, -0.2) is 63.6 Å². The van der Waals surface area contributed by atoms with Crippen molar-refractivity contribution in [1.29, 1.82) is 0 Å². The molecule has 0 aromatic heterocycles. The van der Waals surface area contributed by atoms with Crippen LogP contribution in [0, 0.1) is 0 Å². The number of carboxylic acids is 1. The molecule has 4 N–H and O–H groups in total. The molecule has 0 bridgehead atoms. The van der Waals surface area contributed by atoms with E-state index in [-0.39, 0.29) is 19.6 Å². The summed E-state index contributed by atoms with van der Waals surface area (Å²) in [4.78, 5) is 23.9. The molecule has 0 spiro atoms. The van der Waals surface area contributed by atoms with Crippen LogP contribution in [0.4, 0.5) is 4.79 Å². The van der Waals surface area contributed by atoms with Crippen molar-refractivity contribution >= 4 is 12.0 Å². The van der Waals surface area contributed by atoms with Crippen molar-refractivity contribution in [3.63, 3.8) is 0 Å². The molecular weight excluding hydrogens is 240 g/mol. The van der Waals surface area contributed by atoms with E-state index in [1.54, 1.807) is 20.8 Å². The Kier molecular flexibility index (Phi) is 6.64. The van der Waals surface area contributed by atoms with Crippen molar-refractivity contribution < 1.29 is 24.9 Å². The number of carbonyl (C=O) groups excluding carboxylic acids is 1. The number of aliphatic carboxylic acids is 1. The standard InChI is InChI=1S/C11H22N2O5/c1-4-13(7-11(2,3)18)10(17)12-8(5-6-14)9(15)16/h8,14,18H,4-7H2,1-3H3,(H,12,17)(H,15,16)/t8-/m1/s1. The van der Waals surface area contributed by atoms with Gasteiger partial charge < -0.3 is 25.5 Å². The zero-order valence-electron chi connectivity index (χ0n) is 11.0. The minimum Gasteiger partial charge on any atom is -0.480 e. The summed E-state index contributed by atoms with van der Waals surface area (Å²) in [5.41, 5.74) is -1.05. The van der Waals surface area contributed by atoms with E-state index in [0.717, 1.165) is 0 Å². The van der Waals surface area contributed by atoms with Crippen LogP contribution < -0.4 is 5.32 Å². The van der Waals surface area contributed by atoms with Crippen molar-refractivity contribution in [2.24, 2.45) is 0 Å². The Labute approximate surface area is 106 Å². The molecule has 7 heteroatoms. The lowest BCUT2D eigenvalue weighted by molar-refractivity contribution is -0.139. The highest BCUT2D eigenvalue weighted by molar-refractivity contribution is 5.82. The molecule has 0 aliphatic carbocycles. The zero-order chi connectivity index (χ0) is 14.3. The van der Waals surface area contributed by atoms with Crippen LogP contribution in [0.5, 0.6) is 0 Å². The molecule has 0 aromatic rings. The van der Waals surface area contributed by atoms with E-state index < -0.39 is 23.6 Å². The summed E-state index contributed by atoms with van der Waals surface area (Å²) in [5.74, 6) is -1.20. The van der Waals surface area contributed by atoms with Gasteiger partial charge in [0.1, 0.15) is 6.04 Å². The number of hydrogen-bond acceptors (Lipinski definition) is 4. The summed E-state index contributed by atoms with van der Waals surface area (Å²) in [7, 11) is 0. The molecule has 2 amide bonds. The average molecular weight is 262 g/mol. The lowest BCUT2D eigenvalue weighted by Gasteiger charge is -2.29. The molecule has 0 saturated carbocycles. The number of hydrogen-bond donors (Lipinski definition) is 4. The van der Waals surface area contributed by atoms with Crippen molar-refractivity contribution in [3.05, 3.63) is 0 Å². The maximum Gasteiger partial charge on any atom is 0.326 e. The summed E-state index contributed by atoms with van der Waals surface area (Å²) in [6.07, 6.45) is -0.0544. The highest BCUT2D eigenvalue weighted by Gasteiger charge is 2.25. The van der Waals surface area contributed by atoms with E-state index in [1.165, 1.54) is 4.90 Å². The van der Waals surface area contributed by atoms with Crippen LogP contribution in [0.3, 0.4) is 0 Å². The molecule has 106 valence electrons. The van der Waals surface area contributed by atoms with Crippen molar-refractivity contribution in [2.75, 3.05) is 19.7 Å². The van der Waals surface area contributed by atoms with Crippen LogP contribution in [0.1, 0.15) is 27.2 Å². The van der Waals surface area contributed by atoms with Crippen molar-refractivity contribution in [3.8, 4) is 0 Å². The van der Waals surface area contributed by atoms with Crippen LogP contribution in [0.2, 0.25) is 0 Å². The number of urea groups is 1. The van der Waals surface area contributed by atoms with E-state index >= 15 is 0 Å². The first-order valence-electron chi connectivity index (χ1n) is 5.82. The quantitative estimate of drug-likeness (QED) is 0.500. The Balaban J connectivity index is 4.55. The van der Waals surface area contributed by atoms with Crippen LogP contribution in [0.15, 0.2) is 0 Å². The first-order valence-corrected chi connectivity index (χ1v) is 5.82. The Morgan fingerprint density at radius 3 is 2.28 bits per heavy atom. The minimum atomic E-state index is -1.20. The second kappa shape index (κ2) is 7.17. The largest absolute Gasteiger partial charge is 0.480 e. The molecule has 0 fully saturated rings. The van der Waals surface area contributed by atoms with Gasteiger partial charge in [0.25, 0.3) is 0 Å². The predicted molar refractivity (Wildman–Crippen MR) is 65.2 cm³/mol. The first kappa shape index (κ1) is 16.7. The van der Waals surface area contributed by atoms with Gasteiger partial charge in [-0.3, -0.25) is 0 Å². The van der Waals surface area contributed by atoms with Gasteiger partial charge in [0.2, 0.25) is 0 Å². The van der Waals surface area contributed by atoms with E-state index in [4.69, 9.17) is 10.2 Å². The molecule has 0 saturated heterocycles. The zero-order valence-corrected chi connectivity index (χ0v) is 11.0. The third-order valence-corrected chi connectivity index (χ3v) is 2.26. The Hall–Kier alpha value is -1.34. The van der Waals surface area contributed by atoms with Crippen molar-refractivity contribution in [1.82, 2.24) is 10.2 Å². The van der Waals surface area contributed by atoms with Gasteiger partial charge >= 0.3 is 12.0 Å². The van der Waals surface area contributed by atoms with E-state index in [1.807, 2.05) is 0 Å². The second-order valence-electron chi connectivity index (χ2n) is 4.68. The number of carboxylic acid groups (broad SMARTS) is 1. The molecule has 0 aliphatic rings. The molecule has 18 heavy (non-hydrogen) atoms. The fourth-order valence-electron chi connectivity index (χ4n) is 1.42. The Morgan fingerprint density at radius 1 is 1.39 bits per heavy atom. The van der Waals surface area contributed by atoms with E-state index in [0.29, 0.717) is 6.54 Å². The van der Waals surface area contributed by atoms with Crippen molar-refractivity contribution in [2.45, 2.75) is 38.8 Å². The molecule has 0 unspecified atom stereocenters. The topological polar surface area (TPSA) is 110 Å². The van der Waals surface area contributed by atoms with E-state index in [9.17, 15) is 14.7 Å². The first-order chi connectivity index (χ1) is 8.21. The third kappa shape index (κ3) is 6.41. The number of nitrogens with zero attached hydrogens (tertiary/aromatic N) is 1. The van der Waals surface area contributed by atoms with Gasteiger partial charge in [-0.25, -0.2) is 9.59 Å². The second-order valence-corrected chi connectivity index (χ2v) is 4.68. The lowest BCUT2D eigenvalue weighted by atomic mass is 10.1. The molecule has 0 aromatic carbocycles. The monoisotopic (exact) mass is 262 g/mol. The summed E-state index contributed by atoms with van der Waals surface area (Å²) in [5, 5.41) is 29.5. The molecule has 0 heterocycles. The van der Waals surface area contributed by atoms with Gasteiger partial charge in [0.15, 0.2) is 0 Å². The average Bonchev–Trinajstić information content (AvgIpc) is 2.23. The van der Waals surface area contributed by atoms with Gasteiger partial charge in [-0.05, 0) is 20.8 Å². The molecular formula is C11H22N2O5. The molecule has 0 rings (SSSR count). The normalized spacial score (nSPS) is 12.9. The summed E-state index contributed by atoms with van der Waals surface area (Å²) < 4.78 is 0. The number of nitrogens with one attached hydrogen (secondary N) is 1. The molecule has 1 atom stereocenters. The highest BCUT2D eigenvalue weighted by Crippen LogP contribution is 2.05. The fourth-order valence-corrected chi connectivity index (χ4v) is 1.42. The van der Waals surface area contributed by atoms with Gasteiger partial charge in [0, 0.05) is 19.6 Å². The summed E-state index contributed by atoms with van der Waals surface area (Å²) in [6, 6.07) is -1.70. The number of rotatable bonds is 7. The minimum absolute atomic E-state index is 0.0544. The lowest BCUT2D eigenvalue weighted by Crippen LogP contribution is -2.51. The fraction of sp³-hybridized carbons (Fsp3) is 0.818. The predicted octanol–water partition coefficient (Wildman–Crippen LogP) is -0.376. The highest BCUT2D eigenvalue weighted by atomic mass is 16.4. The van der Waals surface area contributed by atoms with Crippen LogP contribution in [0.25, 0.3) is 0 Å². The smallest absolute Gasteiger partial charge is 0.326 e. The van der Waals surface area contributed by atoms with Gasteiger partial charge in [-0.2, -0.15) is 0 Å². The van der Waals surface area contributed by atoms with Crippen LogP contribution in [-0.2, 0) is 4.79 Å². The molecule has 0 radical (unpaired) electrons. The Morgan fingerprint density at radius 2 is 1.94 bits per heavy atom. The van der Waals surface area contributed by atoms with Gasteiger partial charge in [0.05, 0.1) is 12.1 Å². The molecule has 0 aliphatic heterocycles. The summed E-state index contributed by atoms with van der Waals surface area (Å²) in [6.45, 7) is 4.97. The number of carbonyl (C=O) groups is 2. The number of likely N-dealkylation sites (N-methyl/N-ethyl adjacent to an activating group) is 1. The number of aliphatic hydroxyl groups excluding tert-OH is 1. The Bertz CT molecular complexity index is 288. The molecule has 7 nitrogen and oxygen atoms in total. The number of aliphatic hydroxyl groups is 2. The van der Waals surface area contributed by atoms with Gasteiger partial charge in [-0.1, -0.05) is 0 Å². The SMILES string of the molecule is CCN(CC(C)(C)O)C(=O)N[C@H](CCO)C(=O)O. The maximum absolute atomic E-state index is 11.8. The third-order valence-electron chi connectivity index (χ3n) is 2.26.